The van der Waals surface area contributed by atoms with Crippen LogP contribution >= 0.6 is 0 Å². The number of fused-ring (bicyclic) bond motifs is 1. The summed E-state index contributed by atoms with van der Waals surface area (Å²) in [4.78, 5) is 13.7. The van der Waals surface area contributed by atoms with Crippen molar-refractivity contribution in [1.29, 1.82) is 0 Å². The summed E-state index contributed by atoms with van der Waals surface area (Å²) < 4.78 is 5.02. The topological polar surface area (TPSA) is 86.7 Å². The number of hydrogen-bond donors (Lipinski definition) is 3. The maximum Gasteiger partial charge on any atom is 0.417 e. The minimum atomic E-state index is -0.444. The van der Waals surface area contributed by atoms with Gasteiger partial charge in [-0.15, -0.1) is 0 Å². The molecule has 0 aliphatic heterocycles. The molecular formula is C12H12N4O2. The van der Waals surface area contributed by atoms with Gasteiger partial charge in [0.15, 0.2) is 5.58 Å². The van der Waals surface area contributed by atoms with E-state index in [1.54, 1.807) is 6.07 Å². The normalized spacial score (nSPS) is 11.2. The smallest absolute Gasteiger partial charge is 0.408 e. The second kappa shape index (κ2) is 4.15. The third-order valence-corrected chi connectivity index (χ3v) is 2.71. The number of benzene rings is 1. The van der Waals surface area contributed by atoms with Crippen molar-refractivity contribution < 1.29 is 4.42 Å². The van der Waals surface area contributed by atoms with E-state index in [0.29, 0.717) is 11.1 Å². The number of nitrogens with zero attached hydrogens (tertiary/aromatic N) is 1. The van der Waals surface area contributed by atoms with Crippen molar-refractivity contribution in [2.75, 3.05) is 7.05 Å². The van der Waals surface area contributed by atoms with Crippen molar-refractivity contribution in [1.82, 2.24) is 20.5 Å². The molecule has 0 fully saturated rings. The van der Waals surface area contributed by atoms with Crippen LogP contribution in [0.3, 0.4) is 0 Å². The molecule has 0 radical (unpaired) electrons. The van der Waals surface area contributed by atoms with E-state index in [1.807, 2.05) is 25.2 Å². The van der Waals surface area contributed by atoms with Gasteiger partial charge in [-0.2, -0.15) is 5.10 Å². The Morgan fingerprint density at radius 3 is 3.11 bits per heavy atom. The van der Waals surface area contributed by atoms with Crippen LogP contribution in [-0.4, -0.2) is 22.2 Å². The maximum absolute atomic E-state index is 11.1. The SMILES string of the molecule is CNCc1cc(-c2ccc3[nH]c(=O)oc3c2)n[nH]1. The summed E-state index contributed by atoms with van der Waals surface area (Å²) in [6.45, 7) is 0.731. The van der Waals surface area contributed by atoms with Gasteiger partial charge in [0.2, 0.25) is 0 Å². The predicted octanol–water partition coefficient (Wildman–Crippen LogP) is 1.23. The Morgan fingerprint density at radius 1 is 1.39 bits per heavy atom. The van der Waals surface area contributed by atoms with Gasteiger partial charge in [-0.05, 0) is 25.2 Å². The van der Waals surface area contributed by atoms with Crippen LogP contribution in [-0.2, 0) is 6.54 Å². The van der Waals surface area contributed by atoms with Crippen LogP contribution in [0.25, 0.3) is 22.4 Å². The van der Waals surface area contributed by atoms with Gasteiger partial charge in [0.25, 0.3) is 0 Å². The lowest BCUT2D eigenvalue weighted by atomic mass is 10.1. The molecule has 0 aliphatic carbocycles. The molecule has 3 rings (SSSR count). The minimum absolute atomic E-state index is 0.444. The van der Waals surface area contributed by atoms with Gasteiger partial charge < -0.3 is 9.73 Å². The molecule has 2 heterocycles. The molecular weight excluding hydrogens is 232 g/mol. The number of hydrogen-bond acceptors (Lipinski definition) is 4. The molecule has 6 heteroatoms. The van der Waals surface area contributed by atoms with Crippen LogP contribution in [0, 0.1) is 0 Å². The first-order valence-corrected chi connectivity index (χ1v) is 5.58. The van der Waals surface area contributed by atoms with Crippen molar-refractivity contribution in [3.63, 3.8) is 0 Å². The number of rotatable bonds is 3. The second-order valence-electron chi connectivity index (χ2n) is 4.03. The largest absolute Gasteiger partial charge is 0.417 e. The van der Waals surface area contributed by atoms with E-state index < -0.39 is 5.76 Å². The van der Waals surface area contributed by atoms with Gasteiger partial charge in [-0.25, -0.2) is 4.79 Å². The second-order valence-corrected chi connectivity index (χ2v) is 4.03. The van der Waals surface area contributed by atoms with Crippen LogP contribution < -0.4 is 11.1 Å². The Labute approximate surface area is 102 Å². The average Bonchev–Trinajstić information content (AvgIpc) is 2.93. The van der Waals surface area contributed by atoms with Gasteiger partial charge in [0.1, 0.15) is 0 Å². The summed E-state index contributed by atoms with van der Waals surface area (Å²) in [5, 5.41) is 10.2. The Morgan fingerprint density at radius 2 is 2.28 bits per heavy atom. The number of oxazole rings is 1. The molecule has 0 aliphatic rings. The van der Waals surface area contributed by atoms with Crippen LogP contribution in [0.5, 0.6) is 0 Å². The van der Waals surface area contributed by atoms with E-state index in [2.05, 4.69) is 20.5 Å². The third kappa shape index (κ3) is 1.82. The summed E-state index contributed by atoms with van der Waals surface area (Å²) >= 11 is 0. The fraction of sp³-hybridized carbons (Fsp3) is 0.167. The molecule has 3 N–H and O–H groups in total. The molecule has 1 aromatic carbocycles. The van der Waals surface area contributed by atoms with E-state index in [4.69, 9.17) is 4.42 Å². The molecule has 0 amide bonds. The van der Waals surface area contributed by atoms with E-state index >= 15 is 0 Å². The summed E-state index contributed by atoms with van der Waals surface area (Å²) in [6.07, 6.45) is 0. The molecule has 0 saturated heterocycles. The summed E-state index contributed by atoms with van der Waals surface area (Å²) in [5.74, 6) is -0.444. The highest BCUT2D eigenvalue weighted by Gasteiger charge is 2.07. The quantitative estimate of drug-likeness (QED) is 0.646. The first kappa shape index (κ1) is 10.8. The monoisotopic (exact) mass is 244 g/mol. The molecule has 0 unspecified atom stereocenters. The van der Waals surface area contributed by atoms with Gasteiger partial charge in [0, 0.05) is 17.8 Å². The predicted molar refractivity (Wildman–Crippen MR) is 67.2 cm³/mol. The lowest BCUT2D eigenvalue weighted by molar-refractivity contribution is 0.555. The lowest BCUT2D eigenvalue weighted by Crippen LogP contribution is -2.04. The fourth-order valence-electron chi connectivity index (χ4n) is 1.90. The third-order valence-electron chi connectivity index (χ3n) is 2.71. The molecule has 3 aromatic rings. The first-order chi connectivity index (χ1) is 8.76. The fourth-order valence-corrected chi connectivity index (χ4v) is 1.90. The molecule has 6 nitrogen and oxygen atoms in total. The van der Waals surface area contributed by atoms with Crippen LogP contribution in [0.4, 0.5) is 0 Å². The Hall–Kier alpha value is -2.34. The summed E-state index contributed by atoms with van der Waals surface area (Å²) in [6, 6.07) is 7.46. The first-order valence-electron chi connectivity index (χ1n) is 5.58. The summed E-state index contributed by atoms with van der Waals surface area (Å²) in [7, 11) is 1.88. The van der Waals surface area contributed by atoms with Crippen molar-refractivity contribution in [3.05, 3.63) is 40.5 Å². The molecule has 0 atom stereocenters. The van der Waals surface area contributed by atoms with Gasteiger partial charge in [0.05, 0.1) is 11.2 Å². The number of aromatic amines is 2. The highest BCUT2D eigenvalue weighted by Crippen LogP contribution is 2.21. The van der Waals surface area contributed by atoms with Crippen molar-refractivity contribution in [2.45, 2.75) is 6.54 Å². The molecule has 0 bridgehead atoms. The van der Waals surface area contributed by atoms with E-state index in [-0.39, 0.29) is 0 Å². The van der Waals surface area contributed by atoms with Gasteiger partial charge >= 0.3 is 5.76 Å². The molecule has 92 valence electrons. The zero-order valence-corrected chi connectivity index (χ0v) is 9.78. The van der Waals surface area contributed by atoms with Crippen LogP contribution in [0.15, 0.2) is 33.5 Å². The number of aromatic nitrogens is 3. The van der Waals surface area contributed by atoms with Crippen molar-refractivity contribution in [2.24, 2.45) is 0 Å². The van der Waals surface area contributed by atoms with E-state index in [9.17, 15) is 4.79 Å². The lowest BCUT2D eigenvalue weighted by Gasteiger charge is -1.95. The number of H-pyrrole nitrogens is 2. The molecule has 2 aromatic heterocycles. The maximum atomic E-state index is 11.1. The number of nitrogens with one attached hydrogen (secondary N) is 3. The van der Waals surface area contributed by atoms with Gasteiger partial charge in [-0.1, -0.05) is 6.07 Å². The highest BCUT2D eigenvalue weighted by molar-refractivity contribution is 5.78. The van der Waals surface area contributed by atoms with Crippen LogP contribution in [0.2, 0.25) is 0 Å². The van der Waals surface area contributed by atoms with Gasteiger partial charge in [-0.3, -0.25) is 10.1 Å². The van der Waals surface area contributed by atoms with Crippen molar-refractivity contribution in [3.8, 4) is 11.3 Å². The Kier molecular flexibility index (Phi) is 2.49. The van der Waals surface area contributed by atoms with E-state index in [1.165, 1.54) is 0 Å². The standard InChI is InChI=1S/C12H12N4O2/c1-13-6-8-5-10(16-15-8)7-2-3-9-11(4-7)18-12(17)14-9/h2-5,13H,6H2,1H3,(H,14,17)(H,15,16). The van der Waals surface area contributed by atoms with Crippen LogP contribution in [0.1, 0.15) is 5.69 Å². The highest BCUT2D eigenvalue weighted by atomic mass is 16.4. The Balaban J connectivity index is 2.04. The zero-order valence-electron chi connectivity index (χ0n) is 9.78. The van der Waals surface area contributed by atoms with E-state index in [0.717, 1.165) is 23.5 Å². The molecule has 18 heavy (non-hydrogen) atoms. The minimum Gasteiger partial charge on any atom is -0.408 e. The average molecular weight is 244 g/mol. The van der Waals surface area contributed by atoms with Crippen molar-refractivity contribution >= 4 is 11.1 Å². The zero-order chi connectivity index (χ0) is 12.5. The summed E-state index contributed by atoms with van der Waals surface area (Å²) in [5.41, 5.74) is 3.96. The molecule has 0 spiro atoms. The molecule has 0 saturated carbocycles. The Bertz CT molecular complexity index is 738.